The van der Waals surface area contributed by atoms with E-state index in [-0.39, 0.29) is 37.3 Å². The van der Waals surface area contributed by atoms with Crippen LogP contribution in [0.25, 0.3) is 16.6 Å². The number of ether oxygens (including phenoxy) is 1. The predicted molar refractivity (Wildman–Crippen MR) is 141 cm³/mol. The van der Waals surface area contributed by atoms with Gasteiger partial charge >= 0.3 is 0 Å². The second-order valence-corrected chi connectivity index (χ2v) is 9.52. The third kappa shape index (κ3) is 4.97. The van der Waals surface area contributed by atoms with E-state index in [0.717, 1.165) is 27.9 Å². The molecule has 1 aromatic carbocycles. The summed E-state index contributed by atoms with van der Waals surface area (Å²) in [6.07, 6.45) is 7.11. The number of carbonyl (C=O) groups excluding carboxylic acids is 2. The van der Waals surface area contributed by atoms with Gasteiger partial charge in [0.05, 0.1) is 11.6 Å². The Balaban J connectivity index is 1.69. The Kier molecular flexibility index (Phi) is 7.40. The normalized spacial score (nSPS) is 16.1. The quantitative estimate of drug-likeness (QED) is 0.312. The standard InChI is InChI=1S/C28H29ClN4O3/c1-6-8-24(32(4)5)21-12-18(3)31-27-20(21)9-7-10-25(27)36-16-22-19(13-30-14-23(22)29)15-33-26(34)11-17(2)28(33)35/h6-10,12-14,17H,1,11,15-16H2,2-5H3/b24-8-/t17-/m1/s1. The number of hydrogen-bond donors (Lipinski definition) is 0. The van der Waals surface area contributed by atoms with E-state index in [1.807, 2.05) is 56.3 Å². The van der Waals surface area contributed by atoms with Crippen LogP contribution in [0.1, 0.15) is 35.7 Å². The van der Waals surface area contributed by atoms with Crippen molar-refractivity contribution in [3.63, 3.8) is 0 Å². The van der Waals surface area contributed by atoms with Gasteiger partial charge in [0.2, 0.25) is 11.8 Å². The third-order valence-electron chi connectivity index (χ3n) is 6.23. The van der Waals surface area contributed by atoms with Gasteiger partial charge < -0.3 is 9.64 Å². The zero-order valence-electron chi connectivity index (χ0n) is 20.9. The van der Waals surface area contributed by atoms with Crippen LogP contribution in [-0.4, -0.2) is 45.7 Å². The van der Waals surface area contributed by atoms with Crippen LogP contribution in [0.2, 0.25) is 5.02 Å². The van der Waals surface area contributed by atoms with Crippen molar-refractivity contribution in [2.45, 2.75) is 33.4 Å². The Hall–Kier alpha value is -3.71. The Bertz CT molecular complexity index is 1380. The van der Waals surface area contributed by atoms with Crippen LogP contribution < -0.4 is 4.74 Å². The summed E-state index contributed by atoms with van der Waals surface area (Å²) in [5.74, 6) is -0.0806. The fourth-order valence-corrected chi connectivity index (χ4v) is 4.64. The fraction of sp³-hybridized carbons (Fsp3) is 0.286. The van der Waals surface area contributed by atoms with Crippen molar-refractivity contribution in [2.24, 2.45) is 5.92 Å². The van der Waals surface area contributed by atoms with Crippen molar-refractivity contribution >= 4 is 40.0 Å². The molecule has 0 saturated carbocycles. The number of fused-ring (bicyclic) bond motifs is 1. The van der Waals surface area contributed by atoms with Crippen molar-refractivity contribution in [3.05, 3.63) is 82.8 Å². The molecule has 36 heavy (non-hydrogen) atoms. The van der Waals surface area contributed by atoms with Gasteiger partial charge in [-0.2, -0.15) is 0 Å². The van der Waals surface area contributed by atoms with Crippen molar-refractivity contribution < 1.29 is 14.3 Å². The molecule has 0 unspecified atom stereocenters. The molecule has 2 amide bonds. The molecule has 0 spiro atoms. The topological polar surface area (TPSA) is 75.6 Å². The lowest BCUT2D eigenvalue weighted by Crippen LogP contribution is -2.30. The molecular weight excluding hydrogens is 476 g/mol. The summed E-state index contributed by atoms with van der Waals surface area (Å²) in [5, 5.41) is 1.36. The van der Waals surface area contributed by atoms with Crippen LogP contribution in [0.15, 0.2) is 55.4 Å². The zero-order chi connectivity index (χ0) is 26.0. The van der Waals surface area contributed by atoms with E-state index in [1.54, 1.807) is 19.2 Å². The van der Waals surface area contributed by atoms with Gasteiger partial charge in [0.25, 0.3) is 0 Å². The van der Waals surface area contributed by atoms with Gasteiger partial charge in [-0.1, -0.05) is 43.3 Å². The van der Waals surface area contributed by atoms with Crippen molar-refractivity contribution in [1.29, 1.82) is 0 Å². The van der Waals surface area contributed by atoms with E-state index in [4.69, 9.17) is 21.3 Å². The Morgan fingerprint density at radius 2 is 2.08 bits per heavy atom. The minimum Gasteiger partial charge on any atom is -0.487 e. The minimum absolute atomic E-state index is 0.115. The summed E-state index contributed by atoms with van der Waals surface area (Å²) in [5.41, 5.74) is 4.97. The maximum Gasteiger partial charge on any atom is 0.232 e. The summed E-state index contributed by atoms with van der Waals surface area (Å²) < 4.78 is 6.26. The molecule has 1 fully saturated rings. The Morgan fingerprint density at radius 3 is 2.75 bits per heavy atom. The molecule has 8 heteroatoms. The molecule has 1 aliphatic rings. The number of carbonyl (C=O) groups is 2. The van der Waals surface area contributed by atoms with Gasteiger partial charge in [0.1, 0.15) is 17.9 Å². The van der Waals surface area contributed by atoms with Gasteiger partial charge in [0, 0.05) is 66.7 Å². The molecule has 0 bridgehead atoms. The average molecular weight is 505 g/mol. The number of nitrogens with zero attached hydrogens (tertiary/aromatic N) is 4. The number of benzene rings is 1. The summed E-state index contributed by atoms with van der Waals surface area (Å²) >= 11 is 6.49. The molecule has 4 rings (SSSR count). The van der Waals surface area contributed by atoms with Crippen LogP contribution in [-0.2, 0) is 22.7 Å². The van der Waals surface area contributed by atoms with Gasteiger partial charge in [-0.15, -0.1) is 0 Å². The maximum absolute atomic E-state index is 12.5. The van der Waals surface area contributed by atoms with Crippen molar-refractivity contribution in [2.75, 3.05) is 14.1 Å². The van der Waals surface area contributed by atoms with E-state index < -0.39 is 0 Å². The van der Waals surface area contributed by atoms with Gasteiger partial charge in [-0.25, -0.2) is 4.98 Å². The van der Waals surface area contributed by atoms with E-state index >= 15 is 0 Å². The number of hydrogen-bond acceptors (Lipinski definition) is 6. The number of likely N-dealkylation sites (tertiary alicyclic amines) is 1. The molecule has 1 atom stereocenters. The predicted octanol–water partition coefficient (Wildman–Crippen LogP) is 5.15. The molecule has 0 aliphatic carbocycles. The molecule has 1 saturated heterocycles. The molecule has 0 radical (unpaired) electrons. The lowest BCUT2D eigenvalue weighted by Gasteiger charge is -2.20. The van der Waals surface area contributed by atoms with Crippen LogP contribution in [0.3, 0.4) is 0 Å². The minimum atomic E-state index is -0.314. The van der Waals surface area contributed by atoms with Gasteiger partial charge in [-0.05, 0) is 30.7 Å². The van der Waals surface area contributed by atoms with Crippen molar-refractivity contribution in [1.82, 2.24) is 19.8 Å². The lowest BCUT2D eigenvalue weighted by molar-refractivity contribution is -0.139. The number of pyridine rings is 2. The van der Waals surface area contributed by atoms with E-state index in [2.05, 4.69) is 11.6 Å². The first-order valence-electron chi connectivity index (χ1n) is 11.7. The smallest absolute Gasteiger partial charge is 0.232 e. The second kappa shape index (κ2) is 10.5. The number of aromatic nitrogens is 2. The molecule has 2 aromatic heterocycles. The van der Waals surface area contributed by atoms with E-state index in [9.17, 15) is 9.59 Å². The Labute approximate surface area is 216 Å². The highest BCUT2D eigenvalue weighted by Gasteiger charge is 2.35. The summed E-state index contributed by atoms with van der Waals surface area (Å²) in [6, 6.07) is 7.86. The number of para-hydroxylation sites is 1. The maximum atomic E-state index is 12.5. The highest BCUT2D eigenvalue weighted by atomic mass is 35.5. The number of rotatable bonds is 8. The molecule has 186 valence electrons. The second-order valence-electron chi connectivity index (χ2n) is 9.12. The molecule has 1 aliphatic heterocycles. The van der Waals surface area contributed by atoms with Crippen molar-refractivity contribution in [3.8, 4) is 5.75 Å². The van der Waals surface area contributed by atoms with Crippen LogP contribution >= 0.6 is 11.6 Å². The SMILES string of the molecule is C=C/C=C(/c1cc(C)nc2c(OCc3c(Cl)cncc3CN3C(=O)C[C@@H](C)C3=O)cccc12)N(C)C. The lowest BCUT2D eigenvalue weighted by atomic mass is 10.0. The number of halogens is 1. The average Bonchev–Trinajstić information content (AvgIpc) is 3.07. The highest BCUT2D eigenvalue weighted by molar-refractivity contribution is 6.31. The van der Waals surface area contributed by atoms with E-state index in [1.165, 1.54) is 11.1 Å². The number of amides is 2. The number of aryl methyl sites for hydroxylation is 1. The monoisotopic (exact) mass is 504 g/mol. The van der Waals surface area contributed by atoms with E-state index in [0.29, 0.717) is 21.9 Å². The summed E-state index contributed by atoms with van der Waals surface area (Å²) in [4.78, 5) is 37.0. The molecule has 3 aromatic rings. The third-order valence-corrected chi connectivity index (χ3v) is 6.55. The number of imide groups is 1. The molecule has 3 heterocycles. The van der Waals surface area contributed by atoms with Gasteiger partial charge in [-0.3, -0.25) is 19.5 Å². The molecular formula is C28H29ClN4O3. The molecule has 0 N–H and O–H groups in total. The van der Waals surface area contributed by atoms with Gasteiger partial charge in [0.15, 0.2) is 0 Å². The molecule has 7 nitrogen and oxygen atoms in total. The number of allylic oxidation sites excluding steroid dienone is 2. The summed E-state index contributed by atoms with van der Waals surface area (Å²) in [7, 11) is 3.97. The first-order valence-corrected chi connectivity index (χ1v) is 12.1. The van der Waals surface area contributed by atoms with Crippen LogP contribution in [0, 0.1) is 12.8 Å². The Morgan fingerprint density at radius 1 is 1.31 bits per heavy atom. The first kappa shape index (κ1) is 25.4. The summed E-state index contributed by atoms with van der Waals surface area (Å²) in [6.45, 7) is 7.81. The zero-order valence-corrected chi connectivity index (χ0v) is 21.7. The highest BCUT2D eigenvalue weighted by Crippen LogP contribution is 2.33. The largest absolute Gasteiger partial charge is 0.487 e. The fourth-order valence-electron chi connectivity index (χ4n) is 4.40. The first-order chi connectivity index (χ1) is 17.2. The van der Waals surface area contributed by atoms with Crippen LogP contribution in [0.4, 0.5) is 0 Å². The van der Waals surface area contributed by atoms with Crippen LogP contribution in [0.5, 0.6) is 5.75 Å².